The molecule has 0 aliphatic carbocycles. The summed E-state index contributed by atoms with van der Waals surface area (Å²) in [4.78, 5) is 24.3. The van der Waals surface area contributed by atoms with Crippen LogP contribution in [0.4, 0.5) is 0 Å². The molecular weight excluding hydrogens is 286 g/mol. The van der Waals surface area contributed by atoms with Crippen molar-refractivity contribution in [3.05, 3.63) is 36.7 Å². The molecule has 0 fully saturated rings. The zero-order valence-corrected chi connectivity index (χ0v) is 12.7. The molecule has 0 radical (unpaired) electrons. The van der Waals surface area contributed by atoms with Crippen molar-refractivity contribution in [2.45, 2.75) is 24.9 Å². The average molecular weight is 303 g/mol. The zero-order chi connectivity index (χ0) is 14.9. The fourth-order valence-corrected chi connectivity index (χ4v) is 2.19. The van der Waals surface area contributed by atoms with Crippen LogP contribution in [0.2, 0.25) is 0 Å². The lowest BCUT2D eigenvalue weighted by atomic mass is 10.3. The maximum atomic E-state index is 11.5. The first-order valence-corrected chi connectivity index (χ1v) is 7.81. The van der Waals surface area contributed by atoms with Crippen molar-refractivity contribution in [2.24, 2.45) is 0 Å². The van der Waals surface area contributed by atoms with E-state index >= 15 is 0 Å². The molecule has 0 saturated heterocycles. The first-order valence-electron chi connectivity index (χ1n) is 6.82. The molecule has 0 saturated carbocycles. The lowest BCUT2D eigenvalue weighted by Gasteiger charge is -2.04. The van der Waals surface area contributed by atoms with E-state index in [-0.39, 0.29) is 11.7 Å². The van der Waals surface area contributed by atoms with Crippen molar-refractivity contribution in [2.75, 3.05) is 12.4 Å². The van der Waals surface area contributed by atoms with E-state index in [2.05, 4.69) is 21.9 Å². The Bertz CT molecular complexity index is 578. The summed E-state index contributed by atoms with van der Waals surface area (Å²) in [6.07, 6.45) is 5.29. The minimum Gasteiger partial charge on any atom is -0.465 e. The highest BCUT2D eigenvalue weighted by atomic mass is 32.2. The minimum absolute atomic E-state index is 0.218. The van der Waals surface area contributed by atoms with E-state index in [0.717, 1.165) is 24.2 Å². The van der Waals surface area contributed by atoms with Gasteiger partial charge in [-0.05, 0) is 24.6 Å². The quantitative estimate of drug-likeness (QED) is 0.339. The van der Waals surface area contributed by atoms with Crippen molar-refractivity contribution >= 4 is 17.7 Å². The lowest BCUT2D eigenvalue weighted by molar-refractivity contribution is -0.140. The Morgan fingerprint density at radius 1 is 1.19 bits per heavy atom. The number of hydrogen-bond donors (Lipinski definition) is 0. The summed E-state index contributed by atoms with van der Waals surface area (Å²) < 4.78 is 5.09. The third-order valence-corrected chi connectivity index (χ3v) is 3.48. The van der Waals surface area contributed by atoms with Gasteiger partial charge in [0.2, 0.25) is 0 Å². The molecule has 0 aliphatic heterocycles. The molecule has 0 bridgehead atoms. The molecule has 0 atom stereocenters. The third kappa shape index (κ3) is 5.15. The largest absolute Gasteiger partial charge is 0.465 e. The van der Waals surface area contributed by atoms with Crippen molar-refractivity contribution in [3.8, 4) is 11.4 Å². The molecule has 0 N–H and O–H groups in total. The molecule has 0 spiro atoms. The summed E-state index contributed by atoms with van der Waals surface area (Å²) in [5.74, 6) is -0.0182. The van der Waals surface area contributed by atoms with Gasteiger partial charge < -0.3 is 4.74 Å². The van der Waals surface area contributed by atoms with E-state index in [9.17, 15) is 4.79 Å². The Hall–Kier alpha value is -1.95. The van der Waals surface area contributed by atoms with Crippen LogP contribution in [0.1, 0.15) is 19.8 Å². The van der Waals surface area contributed by atoms with E-state index in [1.807, 2.05) is 18.2 Å². The number of carbonyl (C=O) groups excluding carboxylic acids is 1. The van der Waals surface area contributed by atoms with Crippen LogP contribution in [-0.2, 0) is 9.53 Å². The molecule has 2 aromatic heterocycles. The predicted molar refractivity (Wildman–Crippen MR) is 81.9 cm³/mol. The predicted octanol–water partition coefficient (Wildman–Crippen LogP) is 2.97. The first kappa shape index (κ1) is 15.4. The van der Waals surface area contributed by atoms with Crippen LogP contribution in [0.25, 0.3) is 11.4 Å². The number of aromatic nitrogens is 3. The van der Waals surface area contributed by atoms with Gasteiger partial charge in [0.1, 0.15) is 0 Å². The molecule has 0 unspecified atom stereocenters. The van der Waals surface area contributed by atoms with Gasteiger partial charge in [0.15, 0.2) is 5.16 Å². The summed E-state index contributed by atoms with van der Waals surface area (Å²) in [6.45, 7) is 2.53. The number of carbonyl (C=O) groups is 1. The zero-order valence-electron chi connectivity index (χ0n) is 11.9. The Morgan fingerprint density at radius 3 is 2.86 bits per heavy atom. The first-order chi connectivity index (χ1) is 10.3. The van der Waals surface area contributed by atoms with Crippen LogP contribution in [0, 0.1) is 0 Å². The highest BCUT2D eigenvalue weighted by Gasteiger charge is 2.07. The molecule has 5 nitrogen and oxygen atoms in total. The van der Waals surface area contributed by atoms with Gasteiger partial charge in [-0.2, -0.15) is 0 Å². The number of rotatable bonds is 7. The molecule has 110 valence electrons. The van der Waals surface area contributed by atoms with Crippen LogP contribution < -0.4 is 0 Å². The van der Waals surface area contributed by atoms with E-state index < -0.39 is 0 Å². The van der Waals surface area contributed by atoms with E-state index in [0.29, 0.717) is 11.8 Å². The fraction of sp³-hybridized carbons (Fsp3) is 0.333. The lowest BCUT2D eigenvalue weighted by Crippen LogP contribution is -2.08. The number of thioether (sulfide) groups is 1. The van der Waals surface area contributed by atoms with Crippen molar-refractivity contribution in [1.29, 1.82) is 0 Å². The highest BCUT2D eigenvalue weighted by Crippen LogP contribution is 2.18. The van der Waals surface area contributed by atoms with E-state index in [1.165, 1.54) is 11.8 Å². The van der Waals surface area contributed by atoms with Gasteiger partial charge in [-0.15, -0.1) is 0 Å². The Balaban J connectivity index is 1.91. The number of hydrogen-bond acceptors (Lipinski definition) is 6. The molecule has 0 aliphatic rings. The smallest absolute Gasteiger partial charge is 0.316 e. The SMILES string of the molecule is CCCCOC(=O)CSc1nccc(-c2ccccn2)n1. The minimum atomic E-state index is -0.236. The van der Waals surface area contributed by atoms with E-state index in [1.54, 1.807) is 18.5 Å². The second-order valence-electron chi connectivity index (χ2n) is 4.30. The summed E-state index contributed by atoms with van der Waals surface area (Å²) in [5, 5.41) is 0.547. The van der Waals surface area contributed by atoms with Gasteiger partial charge in [-0.3, -0.25) is 9.78 Å². The van der Waals surface area contributed by atoms with Gasteiger partial charge in [0, 0.05) is 12.4 Å². The van der Waals surface area contributed by atoms with Gasteiger partial charge in [-0.1, -0.05) is 31.2 Å². The van der Waals surface area contributed by atoms with Gasteiger partial charge in [0.25, 0.3) is 0 Å². The number of pyridine rings is 1. The molecule has 21 heavy (non-hydrogen) atoms. The van der Waals surface area contributed by atoms with E-state index in [4.69, 9.17) is 4.74 Å². The van der Waals surface area contributed by atoms with Crippen molar-refractivity contribution in [3.63, 3.8) is 0 Å². The Labute approximate surface area is 128 Å². The number of esters is 1. The monoisotopic (exact) mass is 303 g/mol. The van der Waals surface area contributed by atoms with Crippen molar-refractivity contribution < 1.29 is 9.53 Å². The number of ether oxygens (including phenoxy) is 1. The van der Waals surface area contributed by atoms with Crippen LogP contribution in [0.15, 0.2) is 41.8 Å². The second-order valence-corrected chi connectivity index (χ2v) is 5.24. The topological polar surface area (TPSA) is 65.0 Å². The normalized spacial score (nSPS) is 10.3. The van der Waals surface area contributed by atoms with Crippen LogP contribution in [-0.4, -0.2) is 33.3 Å². The molecule has 2 heterocycles. The average Bonchev–Trinajstić information content (AvgIpc) is 2.54. The summed E-state index contributed by atoms with van der Waals surface area (Å²) in [7, 11) is 0. The van der Waals surface area contributed by atoms with Crippen LogP contribution in [0.3, 0.4) is 0 Å². The molecular formula is C15H17N3O2S. The molecule has 2 aromatic rings. The third-order valence-electron chi connectivity index (χ3n) is 2.64. The Kier molecular flexibility index (Phi) is 6.15. The van der Waals surface area contributed by atoms with Gasteiger partial charge in [-0.25, -0.2) is 9.97 Å². The van der Waals surface area contributed by atoms with Crippen LogP contribution in [0.5, 0.6) is 0 Å². The second kappa shape index (κ2) is 8.36. The summed E-state index contributed by atoms with van der Waals surface area (Å²) in [5.41, 5.74) is 1.53. The summed E-state index contributed by atoms with van der Waals surface area (Å²) >= 11 is 1.27. The number of unbranched alkanes of at least 4 members (excludes halogenated alkanes) is 1. The molecule has 0 aromatic carbocycles. The van der Waals surface area contributed by atoms with Gasteiger partial charge in [0.05, 0.1) is 23.7 Å². The van der Waals surface area contributed by atoms with Gasteiger partial charge >= 0.3 is 5.97 Å². The number of nitrogens with zero attached hydrogens (tertiary/aromatic N) is 3. The maximum absolute atomic E-state index is 11.5. The molecule has 0 amide bonds. The van der Waals surface area contributed by atoms with Crippen LogP contribution >= 0.6 is 11.8 Å². The maximum Gasteiger partial charge on any atom is 0.316 e. The highest BCUT2D eigenvalue weighted by molar-refractivity contribution is 7.99. The molecule has 6 heteroatoms. The van der Waals surface area contributed by atoms with Crippen molar-refractivity contribution in [1.82, 2.24) is 15.0 Å². The Morgan fingerprint density at radius 2 is 2.10 bits per heavy atom. The summed E-state index contributed by atoms with van der Waals surface area (Å²) in [6, 6.07) is 7.44. The standard InChI is InChI=1S/C15H17N3O2S/c1-2-3-10-20-14(19)11-21-15-17-9-7-13(18-15)12-6-4-5-8-16-12/h4-9H,2-3,10-11H2,1H3. The molecule has 2 rings (SSSR count). The fourth-order valence-electron chi connectivity index (χ4n) is 1.56.